The van der Waals surface area contributed by atoms with E-state index in [1.807, 2.05) is 0 Å². The van der Waals surface area contributed by atoms with Crippen molar-refractivity contribution in [3.63, 3.8) is 0 Å². The second-order valence-electron chi connectivity index (χ2n) is 5.33. The SMILES string of the molecule is CCCNC(Cc1nc(CCOC)no1)CC(C)C. The molecule has 1 rings (SSSR count). The summed E-state index contributed by atoms with van der Waals surface area (Å²) in [5, 5.41) is 7.52. The zero-order valence-corrected chi connectivity index (χ0v) is 12.6. The summed E-state index contributed by atoms with van der Waals surface area (Å²) in [5.74, 6) is 2.11. The molecule has 1 atom stereocenters. The van der Waals surface area contributed by atoms with E-state index < -0.39 is 0 Å². The van der Waals surface area contributed by atoms with E-state index in [0.29, 0.717) is 25.0 Å². The van der Waals surface area contributed by atoms with Gasteiger partial charge in [-0.15, -0.1) is 0 Å². The summed E-state index contributed by atoms with van der Waals surface area (Å²) in [4.78, 5) is 4.41. The summed E-state index contributed by atoms with van der Waals surface area (Å²) in [6.07, 6.45) is 3.77. The van der Waals surface area contributed by atoms with Crippen molar-refractivity contribution in [2.24, 2.45) is 5.92 Å². The highest BCUT2D eigenvalue weighted by atomic mass is 16.5. The van der Waals surface area contributed by atoms with Crippen LogP contribution in [0.1, 0.15) is 45.3 Å². The Morgan fingerprint density at radius 2 is 2.16 bits per heavy atom. The van der Waals surface area contributed by atoms with Crippen LogP contribution in [0.25, 0.3) is 0 Å². The number of methoxy groups -OCH3 is 1. The van der Waals surface area contributed by atoms with Gasteiger partial charge in [0.25, 0.3) is 0 Å². The predicted octanol–water partition coefficient (Wildman–Crippen LogP) is 2.22. The Morgan fingerprint density at radius 3 is 2.79 bits per heavy atom. The zero-order valence-electron chi connectivity index (χ0n) is 12.6. The molecule has 0 saturated heterocycles. The minimum absolute atomic E-state index is 0.413. The normalized spacial score (nSPS) is 13.1. The van der Waals surface area contributed by atoms with Gasteiger partial charge in [0.2, 0.25) is 5.89 Å². The minimum atomic E-state index is 0.413. The van der Waals surface area contributed by atoms with Crippen LogP contribution in [0.3, 0.4) is 0 Å². The molecule has 0 amide bonds. The monoisotopic (exact) mass is 269 g/mol. The van der Waals surface area contributed by atoms with Gasteiger partial charge in [-0.2, -0.15) is 4.98 Å². The molecular weight excluding hydrogens is 242 g/mol. The number of nitrogens with zero attached hydrogens (tertiary/aromatic N) is 2. The molecule has 0 bridgehead atoms. The molecule has 19 heavy (non-hydrogen) atoms. The Bertz CT molecular complexity index is 339. The smallest absolute Gasteiger partial charge is 0.228 e. The lowest BCUT2D eigenvalue weighted by Crippen LogP contribution is -2.33. The first-order chi connectivity index (χ1) is 9.15. The van der Waals surface area contributed by atoms with Crippen LogP contribution in [-0.2, 0) is 17.6 Å². The van der Waals surface area contributed by atoms with E-state index in [0.717, 1.165) is 37.5 Å². The highest BCUT2D eigenvalue weighted by Crippen LogP contribution is 2.10. The third kappa shape index (κ3) is 6.68. The number of rotatable bonds is 10. The molecule has 0 aliphatic carbocycles. The average Bonchev–Trinajstić information content (AvgIpc) is 2.80. The summed E-state index contributed by atoms with van der Waals surface area (Å²) in [6, 6.07) is 0.413. The van der Waals surface area contributed by atoms with Crippen LogP contribution < -0.4 is 5.32 Å². The van der Waals surface area contributed by atoms with Gasteiger partial charge in [0.05, 0.1) is 6.61 Å². The van der Waals surface area contributed by atoms with E-state index in [4.69, 9.17) is 9.26 Å². The van der Waals surface area contributed by atoms with Crippen LogP contribution in [0.2, 0.25) is 0 Å². The lowest BCUT2D eigenvalue weighted by Gasteiger charge is -2.18. The number of hydrogen-bond donors (Lipinski definition) is 1. The van der Waals surface area contributed by atoms with Gasteiger partial charge in [-0.1, -0.05) is 25.9 Å². The van der Waals surface area contributed by atoms with Crippen LogP contribution in [0, 0.1) is 5.92 Å². The molecule has 1 aromatic heterocycles. The molecule has 0 saturated carbocycles. The fraction of sp³-hybridized carbons (Fsp3) is 0.857. The predicted molar refractivity (Wildman–Crippen MR) is 75.1 cm³/mol. The maximum atomic E-state index is 5.30. The standard InChI is InChI=1S/C14H27N3O2/c1-5-7-15-12(9-11(2)3)10-14-16-13(17-19-14)6-8-18-4/h11-12,15H,5-10H2,1-4H3. The van der Waals surface area contributed by atoms with E-state index >= 15 is 0 Å². The van der Waals surface area contributed by atoms with Crippen LogP contribution in [-0.4, -0.2) is 36.4 Å². The molecule has 0 aliphatic rings. The average molecular weight is 269 g/mol. The third-order valence-electron chi connectivity index (χ3n) is 2.90. The van der Waals surface area contributed by atoms with Gasteiger partial charge in [0, 0.05) is 26.0 Å². The molecule has 1 N–H and O–H groups in total. The van der Waals surface area contributed by atoms with Gasteiger partial charge in [-0.3, -0.25) is 0 Å². The Kier molecular flexibility index (Phi) is 7.67. The second kappa shape index (κ2) is 9.04. The molecule has 1 heterocycles. The van der Waals surface area contributed by atoms with Gasteiger partial charge >= 0.3 is 0 Å². The van der Waals surface area contributed by atoms with E-state index in [1.54, 1.807) is 7.11 Å². The second-order valence-corrected chi connectivity index (χ2v) is 5.33. The van der Waals surface area contributed by atoms with Gasteiger partial charge in [-0.25, -0.2) is 0 Å². The first kappa shape index (κ1) is 16.1. The van der Waals surface area contributed by atoms with Crippen molar-refractivity contribution in [1.29, 1.82) is 0 Å². The molecule has 5 nitrogen and oxygen atoms in total. The van der Waals surface area contributed by atoms with Crippen LogP contribution >= 0.6 is 0 Å². The molecule has 0 aliphatic heterocycles. The lowest BCUT2D eigenvalue weighted by molar-refractivity contribution is 0.199. The number of aromatic nitrogens is 2. The van der Waals surface area contributed by atoms with Gasteiger partial charge < -0.3 is 14.6 Å². The van der Waals surface area contributed by atoms with Gasteiger partial charge in [0.1, 0.15) is 0 Å². The zero-order chi connectivity index (χ0) is 14.1. The highest BCUT2D eigenvalue weighted by molar-refractivity contribution is 4.90. The molecule has 0 radical (unpaired) electrons. The summed E-state index contributed by atoms with van der Waals surface area (Å²) in [5.41, 5.74) is 0. The molecule has 1 unspecified atom stereocenters. The molecule has 110 valence electrons. The molecular formula is C14H27N3O2. The Labute approximate surface area is 116 Å². The molecule has 0 spiro atoms. The number of nitrogens with one attached hydrogen (secondary N) is 1. The Balaban J connectivity index is 2.49. The third-order valence-corrected chi connectivity index (χ3v) is 2.90. The maximum absolute atomic E-state index is 5.30. The van der Waals surface area contributed by atoms with Crippen molar-refractivity contribution in [3.8, 4) is 0 Å². The van der Waals surface area contributed by atoms with Crippen molar-refractivity contribution in [1.82, 2.24) is 15.5 Å². The van der Waals surface area contributed by atoms with Crippen molar-refractivity contribution < 1.29 is 9.26 Å². The first-order valence-electron chi connectivity index (χ1n) is 7.19. The molecule has 0 fully saturated rings. The number of hydrogen-bond acceptors (Lipinski definition) is 5. The molecule has 5 heteroatoms. The van der Waals surface area contributed by atoms with Crippen molar-refractivity contribution in [2.45, 2.75) is 52.5 Å². The van der Waals surface area contributed by atoms with Gasteiger partial charge in [-0.05, 0) is 25.3 Å². The quantitative estimate of drug-likeness (QED) is 0.705. The van der Waals surface area contributed by atoms with E-state index in [9.17, 15) is 0 Å². The van der Waals surface area contributed by atoms with Crippen molar-refractivity contribution in [3.05, 3.63) is 11.7 Å². The molecule has 0 aromatic carbocycles. The van der Waals surface area contributed by atoms with Crippen LogP contribution in [0.5, 0.6) is 0 Å². The minimum Gasteiger partial charge on any atom is -0.384 e. The van der Waals surface area contributed by atoms with E-state index in [1.165, 1.54) is 0 Å². The van der Waals surface area contributed by atoms with E-state index in [-0.39, 0.29) is 0 Å². The topological polar surface area (TPSA) is 60.2 Å². The van der Waals surface area contributed by atoms with Crippen molar-refractivity contribution in [2.75, 3.05) is 20.3 Å². The lowest BCUT2D eigenvalue weighted by atomic mass is 10.0. The molecule has 1 aromatic rings. The summed E-state index contributed by atoms with van der Waals surface area (Å²) < 4.78 is 10.3. The van der Waals surface area contributed by atoms with Crippen molar-refractivity contribution >= 4 is 0 Å². The van der Waals surface area contributed by atoms with Crippen LogP contribution in [0.4, 0.5) is 0 Å². The Hall–Kier alpha value is -0.940. The summed E-state index contributed by atoms with van der Waals surface area (Å²) in [7, 11) is 1.67. The summed E-state index contributed by atoms with van der Waals surface area (Å²) in [6.45, 7) is 8.30. The first-order valence-corrected chi connectivity index (χ1v) is 7.19. The maximum Gasteiger partial charge on any atom is 0.228 e. The number of ether oxygens (including phenoxy) is 1. The fourth-order valence-corrected chi connectivity index (χ4v) is 2.04. The summed E-state index contributed by atoms with van der Waals surface area (Å²) >= 11 is 0. The van der Waals surface area contributed by atoms with Gasteiger partial charge in [0.15, 0.2) is 5.82 Å². The Morgan fingerprint density at radius 1 is 1.37 bits per heavy atom. The largest absolute Gasteiger partial charge is 0.384 e. The van der Waals surface area contributed by atoms with Crippen LogP contribution in [0.15, 0.2) is 4.52 Å². The van der Waals surface area contributed by atoms with E-state index in [2.05, 4.69) is 36.2 Å². The highest BCUT2D eigenvalue weighted by Gasteiger charge is 2.15. The fourth-order valence-electron chi connectivity index (χ4n) is 2.04.